The molecule has 0 aromatic carbocycles. The molecule has 0 aromatic heterocycles. The van der Waals surface area contributed by atoms with Gasteiger partial charge in [0.05, 0.1) is 10.8 Å². The van der Waals surface area contributed by atoms with Crippen molar-refractivity contribution in [3.05, 3.63) is 0 Å². The molecule has 8 aliphatic carbocycles. The number of carbonyl (C=O) groups excluding carboxylic acids is 2. The zero-order valence-electron chi connectivity index (χ0n) is 23.6. The molecule has 0 N–H and O–H groups in total. The maximum absolute atomic E-state index is 15.6. The van der Waals surface area contributed by atoms with Crippen molar-refractivity contribution >= 4 is 29.5 Å². The monoisotopic (exact) mass is 550 g/mol. The van der Waals surface area contributed by atoms with E-state index in [9.17, 15) is 9.59 Å². The lowest BCUT2D eigenvalue weighted by Crippen LogP contribution is -2.64. The largest absolute Gasteiger partial charge is 0.343 e. The fourth-order valence-electron chi connectivity index (χ4n) is 11.8. The molecule has 0 aliphatic heterocycles. The van der Waals surface area contributed by atoms with Crippen LogP contribution in [-0.2, 0) is 14.2 Å². The first kappa shape index (κ1) is 26.7. The van der Waals surface area contributed by atoms with Crippen LogP contribution in [0.15, 0.2) is 0 Å². The fourth-order valence-corrected chi connectivity index (χ4v) is 17.0. The normalized spacial score (nSPS) is 46.6. The lowest BCUT2D eigenvalue weighted by atomic mass is 9.48. The molecule has 8 rings (SSSR count). The van der Waals surface area contributed by atoms with E-state index in [-0.39, 0.29) is 10.8 Å². The molecule has 8 fully saturated rings. The summed E-state index contributed by atoms with van der Waals surface area (Å²) in [6.07, 6.45) is 11.4. The SMILES string of the molecule is CCN(CC)C(=O)C12C[C@H]3C[C@H](C1)CC(P(=O)(Cl)C14C[C@@H]5C[C@H](CC(C(=O)N(CC)CC)(C5)C1)C4)(C3)C2. The van der Waals surface area contributed by atoms with Gasteiger partial charge < -0.3 is 14.4 Å². The second-order valence-corrected chi connectivity index (χ2v) is 18.8. The van der Waals surface area contributed by atoms with Gasteiger partial charge in [0, 0.05) is 36.5 Å². The summed E-state index contributed by atoms with van der Waals surface area (Å²) in [6, 6.07) is 0. The Balaban J connectivity index is 1.39. The molecular formula is C30H48ClN2O3P. The molecule has 0 unspecified atom stereocenters. The van der Waals surface area contributed by atoms with Crippen molar-refractivity contribution < 1.29 is 14.2 Å². The first-order valence-corrected chi connectivity index (χ1v) is 18.0. The van der Waals surface area contributed by atoms with Crippen LogP contribution in [0.4, 0.5) is 0 Å². The van der Waals surface area contributed by atoms with E-state index in [1.165, 1.54) is 12.8 Å². The lowest BCUT2D eigenvalue weighted by Gasteiger charge is -2.68. The summed E-state index contributed by atoms with van der Waals surface area (Å²) in [5.74, 6) is 2.46. The van der Waals surface area contributed by atoms with Crippen molar-refractivity contribution in [1.82, 2.24) is 9.80 Å². The molecule has 5 nitrogen and oxygen atoms in total. The Labute approximate surface area is 229 Å². The van der Waals surface area contributed by atoms with Crippen molar-refractivity contribution in [3.8, 4) is 0 Å². The van der Waals surface area contributed by atoms with Gasteiger partial charge in [0.1, 0.15) is 0 Å². The molecule has 0 aromatic rings. The van der Waals surface area contributed by atoms with Gasteiger partial charge in [-0.2, -0.15) is 0 Å². The van der Waals surface area contributed by atoms with Gasteiger partial charge in [0.2, 0.25) is 11.8 Å². The Bertz CT molecular complexity index is 916. The molecule has 7 heteroatoms. The summed E-state index contributed by atoms with van der Waals surface area (Å²) in [5.41, 5.74) is -0.755. The molecule has 2 amide bonds. The van der Waals surface area contributed by atoms with Gasteiger partial charge in [0.25, 0.3) is 0 Å². The number of carbonyl (C=O) groups is 2. The molecule has 8 saturated carbocycles. The van der Waals surface area contributed by atoms with E-state index in [2.05, 4.69) is 27.7 Å². The highest BCUT2D eigenvalue weighted by Gasteiger charge is 2.74. The topological polar surface area (TPSA) is 57.7 Å². The van der Waals surface area contributed by atoms with Crippen LogP contribution in [0.25, 0.3) is 0 Å². The fraction of sp³-hybridized carbons (Fsp3) is 0.933. The van der Waals surface area contributed by atoms with Crippen LogP contribution in [0.3, 0.4) is 0 Å². The standard InChI is InChI=1S/C30H48ClN2O3P/c1-5-32(6-2)25(34)27-11-21-9-22(12-27)16-29(15-21,19-27)37(31,36)30-17-23-10-24(18-30)14-28(13-23,20-30)26(35)33(7-3)8-4/h21-24H,5-20H2,1-4H3/t21-,22-,23-,24-,27?,28?,29?,30?,37?/m1/s1. The zero-order chi connectivity index (χ0) is 26.4. The van der Waals surface area contributed by atoms with Gasteiger partial charge in [-0.25, -0.2) is 0 Å². The van der Waals surface area contributed by atoms with Crippen LogP contribution in [-0.4, -0.2) is 58.1 Å². The lowest BCUT2D eigenvalue weighted by molar-refractivity contribution is -0.157. The first-order chi connectivity index (χ1) is 17.5. The smallest absolute Gasteiger partial charge is 0.228 e. The van der Waals surface area contributed by atoms with Gasteiger partial charge in [-0.05, 0) is 128 Å². The van der Waals surface area contributed by atoms with Gasteiger partial charge in [-0.15, -0.1) is 0 Å². The summed E-state index contributed by atoms with van der Waals surface area (Å²) < 4.78 is 15.6. The van der Waals surface area contributed by atoms with Crippen LogP contribution in [0.2, 0.25) is 0 Å². The number of nitrogens with zero attached hydrogens (tertiary/aromatic N) is 2. The van der Waals surface area contributed by atoms with Crippen molar-refractivity contribution in [2.24, 2.45) is 34.5 Å². The van der Waals surface area contributed by atoms with Crippen molar-refractivity contribution in [2.75, 3.05) is 26.2 Å². The highest BCUT2D eigenvalue weighted by molar-refractivity contribution is 7.91. The highest BCUT2D eigenvalue weighted by atomic mass is 35.7. The van der Waals surface area contributed by atoms with E-state index in [0.717, 1.165) is 90.4 Å². The Kier molecular flexibility index (Phi) is 6.29. The summed E-state index contributed by atoms with van der Waals surface area (Å²) in [7, 11) is 0. The molecule has 0 spiro atoms. The van der Waals surface area contributed by atoms with Crippen LogP contribution in [0.5, 0.6) is 0 Å². The van der Waals surface area contributed by atoms with E-state index >= 15 is 4.57 Å². The third-order valence-electron chi connectivity index (χ3n) is 12.3. The van der Waals surface area contributed by atoms with Crippen molar-refractivity contribution in [3.63, 3.8) is 0 Å². The number of amides is 2. The molecule has 0 saturated heterocycles. The predicted octanol–water partition coefficient (Wildman–Crippen LogP) is 6.92. The average Bonchev–Trinajstić information content (AvgIpc) is 2.83. The zero-order valence-corrected chi connectivity index (χ0v) is 25.2. The Hall–Kier alpha value is -0.540. The van der Waals surface area contributed by atoms with E-state index in [1.54, 1.807) is 0 Å². The highest BCUT2D eigenvalue weighted by Crippen LogP contribution is 2.87. The van der Waals surface area contributed by atoms with E-state index < -0.39 is 16.8 Å². The van der Waals surface area contributed by atoms with Crippen LogP contribution in [0.1, 0.15) is 105 Å². The first-order valence-electron chi connectivity index (χ1n) is 15.4. The third-order valence-corrected chi connectivity index (χ3v) is 17.9. The molecule has 0 heterocycles. The van der Waals surface area contributed by atoms with Crippen LogP contribution < -0.4 is 0 Å². The molecular weight excluding hydrogens is 503 g/mol. The van der Waals surface area contributed by atoms with E-state index in [1.807, 2.05) is 9.80 Å². The van der Waals surface area contributed by atoms with Crippen molar-refractivity contribution in [2.45, 2.75) is 115 Å². The molecule has 8 aliphatic rings. The maximum Gasteiger partial charge on any atom is 0.228 e. The second kappa shape index (κ2) is 8.73. The Morgan fingerprint density at radius 3 is 1.22 bits per heavy atom. The van der Waals surface area contributed by atoms with Gasteiger partial charge in [-0.1, -0.05) is 11.2 Å². The van der Waals surface area contributed by atoms with Gasteiger partial charge >= 0.3 is 0 Å². The molecule has 0 radical (unpaired) electrons. The Morgan fingerprint density at radius 2 is 0.946 bits per heavy atom. The number of hydrogen-bond donors (Lipinski definition) is 0. The van der Waals surface area contributed by atoms with E-state index in [0.29, 0.717) is 35.5 Å². The molecule has 4 atom stereocenters. The maximum atomic E-state index is 15.6. The average molecular weight is 551 g/mol. The second-order valence-electron chi connectivity index (χ2n) is 14.4. The van der Waals surface area contributed by atoms with Crippen molar-refractivity contribution in [1.29, 1.82) is 0 Å². The minimum absolute atomic E-state index is 0.298. The minimum atomic E-state index is -3.22. The number of rotatable bonds is 8. The summed E-state index contributed by atoms with van der Waals surface area (Å²) in [6.45, 7) is 8.03. The van der Waals surface area contributed by atoms with Gasteiger partial charge in [0.15, 0.2) is 6.49 Å². The molecule has 8 bridgehead atoms. The number of halogens is 1. The number of hydrogen-bond acceptors (Lipinski definition) is 3. The van der Waals surface area contributed by atoms with Crippen LogP contribution >= 0.6 is 17.7 Å². The quantitative estimate of drug-likeness (QED) is 0.308. The minimum Gasteiger partial charge on any atom is -0.343 e. The summed E-state index contributed by atoms with van der Waals surface area (Å²) >= 11 is 7.71. The Morgan fingerprint density at radius 1 is 0.649 bits per heavy atom. The van der Waals surface area contributed by atoms with Crippen LogP contribution in [0, 0.1) is 34.5 Å². The summed E-state index contributed by atoms with van der Waals surface area (Å²) in [5, 5.41) is -0.848. The predicted molar refractivity (Wildman–Crippen MR) is 149 cm³/mol. The molecule has 208 valence electrons. The third kappa shape index (κ3) is 3.57. The summed E-state index contributed by atoms with van der Waals surface area (Å²) in [4.78, 5) is 32.0. The van der Waals surface area contributed by atoms with Gasteiger partial charge in [-0.3, -0.25) is 9.59 Å². The molecule has 37 heavy (non-hydrogen) atoms. The van der Waals surface area contributed by atoms with E-state index in [4.69, 9.17) is 11.2 Å².